The van der Waals surface area contributed by atoms with Gasteiger partial charge < -0.3 is 15.5 Å². The summed E-state index contributed by atoms with van der Waals surface area (Å²) in [4.78, 5) is 3.37. The first kappa shape index (κ1) is 11.5. The molecule has 3 N–H and O–H groups in total. The quantitative estimate of drug-likeness (QED) is 0.910. The van der Waals surface area contributed by atoms with Gasteiger partial charge in [-0.1, -0.05) is 6.07 Å². The van der Waals surface area contributed by atoms with E-state index in [0.29, 0.717) is 6.54 Å². The molecule has 0 aliphatic carbocycles. The molecule has 1 aromatic carbocycles. The number of fused-ring (bicyclic) bond motifs is 1. The minimum absolute atomic E-state index is 0.632. The molecule has 86 valence electrons. The first-order valence-corrected chi connectivity index (χ1v) is 6.02. The number of nitrogens with two attached hydrogens (primary N) is 1. The molecule has 0 saturated carbocycles. The molecule has 1 heterocycles. The molecular weight excluding hydrogens is 268 g/mol. The SMILES string of the molecule is COc1ccc(C)c2c(Br)c(CCN)[nH]c12. The van der Waals surface area contributed by atoms with E-state index < -0.39 is 0 Å². The van der Waals surface area contributed by atoms with Crippen LogP contribution in [0.3, 0.4) is 0 Å². The zero-order valence-electron chi connectivity index (χ0n) is 9.43. The number of methoxy groups -OCH3 is 1. The molecule has 0 radical (unpaired) electrons. The number of nitrogens with one attached hydrogen (secondary N) is 1. The first-order chi connectivity index (χ1) is 7.69. The maximum Gasteiger partial charge on any atom is 0.142 e. The number of aryl methyl sites for hydroxylation is 1. The molecule has 0 unspecified atom stereocenters. The van der Waals surface area contributed by atoms with E-state index >= 15 is 0 Å². The smallest absolute Gasteiger partial charge is 0.142 e. The zero-order chi connectivity index (χ0) is 11.7. The van der Waals surface area contributed by atoms with Crippen molar-refractivity contribution in [1.82, 2.24) is 4.98 Å². The van der Waals surface area contributed by atoms with Gasteiger partial charge in [0.25, 0.3) is 0 Å². The van der Waals surface area contributed by atoms with Crippen molar-refractivity contribution in [1.29, 1.82) is 0 Å². The van der Waals surface area contributed by atoms with Gasteiger partial charge in [-0.3, -0.25) is 0 Å². The van der Waals surface area contributed by atoms with Gasteiger partial charge in [0.1, 0.15) is 5.75 Å². The summed E-state index contributed by atoms with van der Waals surface area (Å²) in [7, 11) is 1.68. The van der Waals surface area contributed by atoms with Crippen LogP contribution in [0.5, 0.6) is 5.75 Å². The molecule has 2 rings (SSSR count). The summed E-state index contributed by atoms with van der Waals surface area (Å²) in [5.41, 5.74) is 8.98. The number of rotatable bonds is 3. The molecule has 3 nitrogen and oxygen atoms in total. The van der Waals surface area contributed by atoms with Crippen LogP contribution in [0.2, 0.25) is 0 Å². The molecule has 4 heteroatoms. The summed E-state index contributed by atoms with van der Waals surface area (Å²) in [6, 6.07) is 4.04. The van der Waals surface area contributed by atoms with Gasteiger partial charge in [0.2, 0.25) is 0 Å². The maximum atomic E-state index is 5.59. The fourth-order valence-electron chi connectivity index (χ4n) is 1.94. The third kappa shape index (κ3) is 1.72. The largest absolute Gasteiger partial charge is 0.495 e. The highest BCUT2D eigenvalue weighted by atomic mass is 79.9. The standard InChI is InChI=1S/C12H15BrN2O/c1-7-3-4-9(16-2)12-10(7)11(13)8(15-12)5-6-14/h3-4,15H,5-6,14H2,1-2H3. The first-order valence-electron chi connectivity index (χ1n) is 5.22. The Morgan fingerprint density at radius 1 is 1.44 bits per heavy atom. The van der Waals surface area contributed by atoms with Crippen LogP contribution >= 0.6 is 15.9 Å². The van der Waals surface area contributed by atoms with E-state index in [9.17, 15) is 0 Å². The van der Waals surface area contributed by atoms with Gasteiger partial charge in [-0.15, -0.1) is 0 Å². The summed E-state index contributed by atoms with van der Waals surface area (Å²) in [6.45, 7) is 2.72. The number of benzene rings is 1. The highest BCUT2D eigenvalue weighted by Gasteiger charge is 2.13. The lowest BCUT2D eigenvalue weighted by Gasteiger charge is -2.03. The molecule has 1 aromatic heterocycles. The van der Waals surface area contributed by atoms with E-state index in [0.717, 1.165) is 27.9 Å². The minimum atomic E-state index is 0.632. The number of aromatic nitrogens is 1. The summed E-state index contributed by atoms with van der Waals surface area (Å²) in [6.07, 6.45) is 0.831. The molecule has 0 bridgehead atoms. The number of ether oxygens (including phenoxy) is 1. The van der Waals surface area contributed by atoms with Crippen LogP contribution in [0.4, 0.5) is 0 Å². The Hall–Kier alpha value is -1.00. The van der Waals surface area contributed by atoms with Gasteiger partial charge in [-0.05, 0) is 41.0 Å². The Morgan fingerprint density at radius 2 is 2.19 bits per heavy atom. The van der Waals surface area contributed by atoms with Crippen LogP contribution in [-0.2, 0) is 6.42 Å². The van der Waals surface area contributed by atoms with Gasteiger partial charge in [0.15, 0.2) is 0 Å². The van der Waals surface area contributed by atoms with E-state index in [1.807, 2.05) is 6.07 Å². The molecule has 16 heavy (non-hydrogen) atoms. The number of hydrogen-bond donors (Lipinski definition) is 2. The Labute approximate surface area is 103 Å². The van der Waals surface area contributed by atoms with Crippen molar-refractivity contribution >= 4 is 26.8 Å². The summed E-state index contributed by atoms with van der Waals surface area (Å²) < 4.78 is 6.45. The van der Waals surface area contributed by atoms with E-state index in [2.05, 4.69) is 33.9 Å². The highest BCUT2D eigenvalue weighted by Crippen LogP contribution is 2.35. The van der Waals surface area contributed by atoms with Crippen LogP contribution in [0, 0.1) is 6.92 Å². The average molecular weight is 283 g/mol. The van der Waals surface area contributed by atoms with E-state index in [-0.39, 0.29) is 0 Å². The Bertz CT molecular complexity index is 519. The number of halogens is 1. The van der Waals surface area contributed by atoms with E-state index in [4.69, 9.17) is 10.5 Å². The average Bonchev–Trinajstić information content (AvgIpc) is 2.59. The lowest BCUT2D eigenvalue weighted by molar-refractivity contribution is 0.419. The van der Waals surface area contributed by atoms with Crippen molar-refractivity contribution in [2.24, 2.45) is 5.73 Å². The minimum Gasteiger partial charge on any atom is -0.495 e. The van der Waals surface area contributed by atoms with Crippen LogP contribution in [0.1, 0.15) is 11.3 Å². The lowest BCUT2D eigenvalue weighted by atomic mass is 10.1. The second kappa shape index (κ2) is 4.47. The molecule has 0 amide bonds. The molecular formula is C12H15BrN2O. The number of H-pyrrole nitrogens is 1. The third-order valence-electron chi connectivity index (χ3n) is 2.75. The van der Waals surface area contributed by atoms with Crippen LogP contribution in [-0.4, -0.2) is 18.6 Å². The van der Waals surface area contributed by atoms with Crippen LogP contribution in [0.25, 0.3) is 10.9 Å². The zero-order valence-corrected chi connectivity index (χ0v) is 11.0. The number of hydrogen-bond acceptors (Lipinski definition) is 2. The molecule has 0 atom stereocenters. The van der Waals surface area contributed by atoms with Crippen LogP contribution < -0.4 is 10.5 Å². The normalized spacial score (nSPS) is 11.0. The van der Waals surface area contributed by atoms with E-state index in [1.54, 1.807) is 7.11 Å². The Morgan fingerprint density at radius 3 is 2.81 bits per heavy atom. The van der Waals surface area contributed by atoms with Crippen molar-refractivity contribution in [2.75, 3.05) is 13.7 Å². The molecule has 0 aliphatic rings. The van der Waals surface area contributed by atoms with Gasteiger partial charge in [0, 0.05) is 22.0 Å². The monoisotopic (exact) mass is 282 g/mol. The van der Waals surface area contributed by atoms with Gasteiger partial charge in [-0.25, -0.2) is 0 Å². The van der Waals surface area contributed by atoms with Gasteiger partial charge in [-0.2, -0.15) is 0 Å². The summed E-state index contributed by atoms with van der Waals surface area (Å²) >= 11 is 3.62. The van der Waals surface area contributed by atoms with Crippen LogP contribution in [0.15, 0.2) is 16.6 Å². The highest BCUT2D eigenvalue weighted by molar-refractivity contribution is 9.10. The van der Waals surface area contributed by atoms with Crippen molar-refractivity contribution in [3.8, 4) is 5.75 Å². The second-order valence-corrected chi connectivity index (χ2v) is 4.58. The predicted molar refractivity (Wildman–Crippen MR) is 70.0 cm³/mol. The van der Waals surface area contributed by atoms with E-state index in [1.165, 1.54) is 10.9 Å². The number of aromatic amines is 1. The van der Waals surface area contributed by atoms with Gasteiger partial charge >= 0.3 is 0 Å². The van der Waals surface area contributed by atoms with Crippen molar-refractivity contribution < 1.29 is 4.74 Å². The summed E-state index contributed by atoms with van der Waals surface area (Å²) in [5, 5.41) is 1.18. The Kier molecular flexibility index (Phi) is 3.21. The molecule has 0 saturated heterocycles. The second-order valence-electron chi connectivity index (χ2n) is 3.79. The molecule has 0 fully saturated rings. The topological polar surface area (TPSA) is 51.0 Å². The molecule has 2 aromatic rings. The third-order valence-corrected chi connectivity index (χ3v) is 3.63. The fourth-order valence-corrected chi connectivity index (χ4v) is 2.75. The molecule has 0 aliphatic heterocycles. The lowest BCUT2D eigenvalue weighted by Crippen LogP contribution is -2.03. The Balaban J connectivity index is 2.73. The maximum absolute atomic E-state index is 5.59. The van der Waals surface area contributed by atoms with Crippen molar-refractivity contribution in [3.05, 3.63) is 27.9 Å². The predicted octanol–water partition coefficient (Wildman–Crippen LogP) is 2.75. The summed E-state index contributed by atoms with van der Waals surface area (Å²) in [5.74, 6) is 0.865. The van der Waals surface area contributed by atoms with Crippen molar-refractivity contribution in [2.45, 2.75) is 13.3 Å². The fraction of sp³-hybridized carbons (Fsp3) is 0.333. The molecule has 0 spiro atoms. The van der Waals surface area contributed by atoms with Crippen molar-refractivity contribution in [3.63, 3.8) is 0 Å². The van der Waals surface area contributed by atoms with Gasteiger partial charge in [0.05, 0.1) is 12.6 Å².